The molecule has 0 aliphatic rings. The molecule has 2 aromatic heterocycles. The Bertz CT molecular complexity index is 1230. The largest absolute Gasteiger partial charge is 0.295 e. The van der Waals surface area contributed by atoms with Crippen molar-refractivity contribution < 1.29 is 0 Å². The molecule has 0 bridgehead atoms. The van der Waals surface area contributed by atoms with Gasteiger partial charge in [0, 0.05) is 17.3 Å². The summed E-state index contributed by atoms with van der Waals surface area (Å²) in [5.41, 5.74) is 4.81. The number of nitriles is 1. The number of hydrogen-bond acceptors (Lipinski definition) is 3. The molecule has 5 heteroatoms. The van der Waals surface area contributed by atoms with Crippen LogP contribution in [0, 0.1) is 11.3 Å². The lowest BCUT2D eigenvalue weighted by molar-refractivity contribution is 0.797. The number of nitrogens with zero attached hydrogens (tertiary/aromatic N) is 3. The number of hydrogen-bond donors (Lipinski definition) is 1. The number of benzene rings is 2. The van der Waals surface area contributed by atoms with Gasteiger partial charge in [-0.25, -0.2) is 9.50 Å². The third kappa shape index (κ3) is 2.81. The normalized spacial score (nSPS) is 11.0. The predicted octanol–water partition coefficient (Wildman–Crippen LogP) is 4.35. The number of rotatable bonds is 3. The number of aromatic amines is 1. The summed E-state index contributed by atoms with van der Waals surface area (Å²) in [6.07, 6.45) is 1.51. The highest BCUT2D eigenvalue weighted by Gasteiger charge is 2.20. The first-order chi connectivity index (χ1) is 13.1. The zero-order chi connectivity index (χ0) is 19.0. The van der Waals surface area contributed by atoms with E-state index in [-0.39, 0.29) is 11.5 Å². The van der Waals surface area contributed by atoms with Gasteiger partial charge >= 0.3 is 0 Å². The third-order valence-electron chi connectivity index (χ3n) is 4.64. The van der Waals surface area contributed by atoms with E-state index in [0.29, 0.717) is 22.5 Å². The van der Waals surface area contributed by atoms with Crippen LogP contribution in [0.3, 0.4) is 0 Å². The van der Waals surface area contributed by atoms with Gasteiger partial charge in [-0.15, -0.1) is 0 Å². The highest BCUT2D eigenvalue weighted by molar-refractivity contribution is 5.74. The van der Waals surface area contributed by atoms with Gasteiger partial charge in [-0.3, -0.25) is 9.89 Å². The number of fused-ring (bicyclic) bond motifs is 1. The van der Waals surface area contributed by atoms with Gasteiger partial charge in [0.2, 0.25) is 0 Å². The second kappa shape index (κ2) is 6.58. The maximum absolute atomic E-state index is 13.0. The minimum absolute atomic E-state index is 0.00822. The molecule has 0 radical (unpaired) electrons. The SMILES string of the molecule is CC(C)c1c(-c2cccc(-c3ccccc3)c2)nc2c(C#N)c[nH]n2c1=O. The van der Waals surface area contributed by atoms with Crippen molar-refractivity contribution >= 4 is 5.65 Å². The molecule has 5 nitrogen and oxygen atoms in total. The zero-order valence-corrected chi connectivity index (χ0v) is 15.1. The van der Waals surface area contributed by atoms with Gasteiger partial charge in [-0.2, -0.15) is 5.26 Å². The molecule has 0 amide bonds. The molecule has 0 aliphatic heterocycles. The summed E-state index contributed by atoms with van der Waals surface area (Å²) >= 11 is 0. The lowest BCUT2D eigenvalue weighted by Gasteiger charge is -2.13. The van der Waals surface area contributed by atoms with Crippen LogP contribution in [-0.4, -0.2) is 14.6 Å². The van der Waals surface area contributed by atoms with Crippen LogP contribution in [-0.2, 0) is 0 Å². The Balaban J connectivity index is 2.00. The highest BCUT2D eigenvalue weighted by atomic mass is 16.1. The van der Waals surface area contributed by atoms with Crippen LogP contribution >= 0.6 is 0 Å². The Morgan fingerprint density at radius 1 is 1.04 bits per heavy atom. The predicted molar refractivity (Wildman–Crippen MR) is 105 cm³/mol. The van der Waals surface area contributed by atoms with Crippen LogP contribution in [0.15, 0.2) is 65.6 Å². The van der Waals surface area contributed by atoms with Crippen molar-refractivity contribution in [1.82, 2.24) is 14.6 Å². The molecule has 0 saturated carbocycles. The fraction of sp³-hybridized carbons (Fsp3) is 0.136. The minimum atomic E-state index is -0.170. The molecule has 1 N–H and O–H groups in total. The summed E-state index contributed by atoms with van der Waals surface area (Å²) in [7, 11) is 0. The van der Waals surface area contributed by atoms with E-state index in [1.165, 1.54) is 10.7 Å². The first-order valence-corrected chi connectivity index (χ1v) is 8.80. The molecule has 0 spiro atoms. The second-order valence-electron chi connectivity index (χ2n) is 6.74. The smallest absolute Gasteiger partial charge is 0.276 e. The number of nitrogens with one attached hydrogen (secondary N) is 1. The topological polar surface area (TPSA) is 73.9 Å². The average molecular weight is 354 g/mol. The molecule has 4 rings (SSSR count). The summed E-state index contributed by atoms with van der Waals surface area (Å²) in [4.78, 5) is 17.7. The van der Waals surface area contributed by atoms with Gasteiger partial charge in [0.1, 0.15) is 11.6 Å². The Hall–Kier alpha value is -3.65. The Morgan fingerprint density at radius 2 is 1.74 bits per heavy atom. The molecule has 2 heterocycles. The van der Waals surface area contributed by atoms with Gasteiger partial charge in [0.15, 0.2) is 5.65 Å². The summed E-state index contributed by atoms with van der Waals surface area (Å²) in [6, 6.07) is 20.2. The van der Waals surface area contributed by atoms with Crippen LogP contribution in [0.1, 0.15) is 30.9 Å². The van der Waals surface area contributed by atoms with Crippen LogP contribution in [0.2, 0.25) is 0 Å². The fourth-order valence-corrected chi connectivity index (χ4v) is 3.33. The van der Waals surface area contributed by atoms with Crippen molar-refractivity contribution in [2.24, 2.45) is 0 Å². The van der Waals surface area contributed by atoms with Gasteiger partial charge < -0.3 is 0 Å². The molecule has 0 aliphatic carbocycles. The molecule has 2 aromatic carbocycles. The summed E-state index contributed by atoms with van der Waals surface area (Å²) in [6.45, 7) is 3.95. The molecule has 132 valence electrons. The summed E-state index contributed by atoms with van der Waals surface area (Å²) in [5, 5.41) is 12.2. The van der Waals surface area contributed by atoms with Crippen molar-refractivity contribution in [3.05, 3.63) is 82.3 Å². The molecule has 0 fully saturated rings. The van der Waals surface area contributed by atoms with E-state index < -0.39 is 0 Å². The lowest BCUT2D eigenvalue weighted by atomic mass is 9.95. The van der Waals surface area contributed by atoms with E-state index in [1.54, 1.807) is 0 Å². The van der Waals surface area contributed by atoms with Gasteiger partial charge in [-0.1, -0.05) is 62.4 Å². The standard InChI is InChI=1S/C22H18N4O/c1-14(2)19-20(25-21-18(12-23)13-24-26(21)22(19)27)17-10-6-9-16(11-17)15-7-4-3-5-8-15/h3-11,13-14,24H,1-2H3. The molecule has 0 unspecified atom stereocenters. The molecule has 0 atom stereocenters. The Labute approximate surface area is 156 Å². The molecular formula is C22H18N4O. The van der Waals surface area contributed by atoms with Gasteiger partial charge in [-0.05, 0) is 23.1 Å². The van der Waals surface area contributed by atoms with Crippen molar-refractivity contribution in [3.8, 4) is 28.5 Å². The van der Waals surface area contributed by atoms with E-state index in [2.05, 4.69) is 11.2 Å². The van der Waals surface area contributed by atoms with Crippen LogP contribution in [0.25, 0.3) is 28.0 Å². The first-order valence-electron chi connectivity index (χ1n) is 8.80. The van der Waals surface area contributed by atoms with E-state index in [1.807, 2.05) is 68.4 Å². The van der Waals surface area contributed by atoms with Crippen LogP contribution < -0.4 is 5.56 Å². The van der Waals surface area contributed by atoms with Crippen molar-refractivity contribution in [3.63, 3.8) is 0 Å². The Kier molecular flexibility index (Phi) is 4.09. The fourth-order valence-electron chi connectivity index (χ4n) is 3.33. The maximum atomic E-state index is 13.0. The minimum Gasteiger partial charge on any atom is -0.295 e. The van der Waals surface area contributed by atoms with Crippen LogP contribution in [0.5, 0.6) is 0 Å². The summed E-state index contributed by atoms with van der Waals surface area (Å²) < 4.78 is 1.35. The first kappa shape index (κ1) is 16.8. The molecule has 4 aromatic rings. The van der Waals surface area contributed by atoms with E-state index in [9.17, 15) is 10.1 Å². The quantitative estimate of drug-likeness (QED) is 0.594. The van der Waals surface area contributed by atoms with E-state index in [0.717, 1.165) is 16.7 Å². The summed E-state index contributed by atoms with van der Waals surface area (Å²) in [5.74, 6) is -0.00822. The maximum Gasteiger partial charge on any atom is 0.276 e. The van der Waals surface area contributed by atoms with Crippen molar-refractivity contribution in [1.29, 1.82) is 5.26 Å². The van der Waals surface area contributed by atoms with Crippen molar-refractivity contribution in [2.75, 3.05) is 0 Å². The van der Waals surface area contributed by atoms with Gasteiger partial charge in [0.05, 0.1) is 5.69 Å². The molecule has 0 saturated heterocycles. The number of H-pyrrole nitrogens is 1. The van der Waals surface area contributed by atoms with Gasteiger partial charge in [0.25, 0.3) is 5.56 Å². The Morgan fingerprint density at radius 3 is 2.44 bits per heavy atom. The molecule has 27 heavy (non-hydrogen) atoms. The number of aromatic nitrogens is 3. The van der Waals surface area contributed by atoms with Crippen LogP contribution in [0.4, 0.5) is 0 Å². The molecular weight excluding hydrogens is 336 g/mol. The van der Waals surface area contributed by atoms with E-state index in [4.69, 9.17) is 4.98 Å². The van der Waals surface area contributed by atoms with E-state index >= 15 is 0 Å². The third-order valence-corrected chi connectivity index (χ3v) is 4.64. The monoisotopic (exact) mass is 354 g/mol. The average Bonchev–Trinajstić information content (AvgIpc) is 3.12. The second-order valence-corrected chi connectivity index (χ2v) is 6.74. The van der Waals surface area contributed by atoms with Crippen molar-refractivity contribution in [2.45, 2.75) is 19.8 Å². The zero-order valence-electron chi connectivity index (χ0n) is 15.1. The highest BCUT2D eigenvalue weighted by Crippen LogP contribution is 2.29. The lowest BCUT2D eigenvalue weighted by Crippen LogP contribution is -2.22.